The van der Waals surface area contributed by atoms with Gasteiger partial charge < -0.3 is 41.0 Å². The summed E-state index contributed by atoms with van der Waals surface area (Å²) in [4.78, 5) is 95.3. The zero-order chi connectivity index (χ0) is 44.4. The fourth-order valence-electron chi connectivity index (χ4n) is 6.67. The molecule has 0 spiro atoms. The van der Waals surface area contributed by atoms with Crippen LogP contribution in [-0.4, -0.2) is 95.5 Å². The van der Waals surface area contributed by atoms with Crippen LogP contribution < -0.4 is 37.9 Å². The number of hydrogen-bond acceptors (Lipinski definition) is 10. The minimum Gasteiger partial charge on any atom is -0.445 e. The van der Waals surface area contributed by atoms with Gasteiger partial charge in [0.2, 0.25) is 23.6 Å². The molecule has 3 rings (SSSR count). The Morgan fingerprint density at radius 2 is 1.35 bits per heavy atom. The number of nitrogens with zero attached hydrogens (tertiary/aromatic N) is 1. The molecule has 5 atom stereocenters. The topological polar surface area (TPSA) is 239 Å². The molecule has 0 radical (unpaired) electrons. The normalized spacial score (nSPS) is 15.8. The Bertz CT molecular complexity index is 1740. The number of carbonyl (C=O) groups is 7. The highest BCUT2D eigenvalue weighted by atomic mass is 16.6. The van der Waals surface area contributed by atoms with Gasteiger partial charge in [-0.25, -0.2) is 15.4 Å². The van der Waals surface area contributed by atoms with Crippen molar-refractivity contribution in [1.82, 2.24) is 36.9 Å². The van der Waals surface area contributed by atoms with Gasteiger partial charge in [0.15, 0.2) is 0 Å². The predicted molar refractivity (Wildman–Crippen MR) is 224 cm³/mol. The van der Waals surface area contributed by atoms with Crippen LogP contribution in [0, 0.1) is 11.8 Å². The van der Waals surface area contributed by atoms with Crippen molar-refractivity contribution >= 4 is 41.7 Å². The van der Waals surface area contributed by atoms with Gasteiger partial charge in [-0.15, -0.1) is 0 Å². The van der Waals surface area contributed by atoms with E-state index in [2.05, 4.69) is 32.0 Å². The highest BCUT2D eigenvalue weighted by Gasteiger charge is 2.39. The lowest BCUT2D eigenvalue weighted by Crippen LogP contribution is -2.60. The molecular weight excluding hydrogens is 773 g/mol. The number of hydrazine groups is 1. The summed E-state index contributed by atoms with van der Waals surface area (Å²) in [5.74, 6) is 1.95. The van der Waals surface area contributed by atoms with Crippen LogP contribution in [0.5, 0.6) is 0 Å². The number of benzene rings is 2. The van der Waals surface area contributed by atoms with Crippen molar-refractivity contribution < 1.29 is 43.0 Å². The predicted octanol–water partition coefficient (Wildman–Crippen LogP) is 2.97. The van der Waals surface area contributed by atoms with Crippen molar-refractivity contribution in [3.05, 3.63) is 71.8 Å². The van der Waals surface area contributed by atoms with Crippen molar-refractivity contribution in [3.8, 4) is 0 Å². The Kier molecular flexibility index (Phi) is 19.3. The Labute approximate surface area is 353 Å². The third kappa shape index (κ3) is 16.5. The van der Waals surface area contributed by atoms with Crippen LogP contribution in [0.4, 0.5) is 9.59 Å². The van der Waals surface area contributed by atoms with E-state index in [9.17, 15) is 33.6 Å². The molecule has 1 fully saturated rings. The van der Waals surface area contributed by atoms with Crippen molar-refractivity contribution in [1.29, 1.82) is 0 Å². The zero-order valence-corrected chi connectivity index (χ0v) is 35.9. The molecular formula is C43H64N8O9. The summed E-state index contributed by atoms with van der Waals surface area (Å²) < 4.78 is 10.7. The summed E-state index contributed by atoms with van der Waals surface area (Å²) in [6, 6.07) is 12.9. The average molecular weight is 837 g/mol. The van der Waals surface area contributed by atoms with Crippen LogP contribution in [0.3, 0.4) is 0 Å². The van der Waals surface area contributed by atoms with Crippen LogP contribution >= 0.6 is 0 Å². The van der Waals surface area contributed by atoms with Gasteiger partial charge in [0.1, 0.15) is 42.4 Å². The van der Waals surface area contributed by atoms with Gasteiger partial charge in [0, 0.05) is 19.5 Å². The Hall–Kier alpha value is -5.71. The number of ether oxygens (including phenoxy) is 2. The van der Waals surface area contributed by atoms with Gasteiger partial charge in [0.25, 0.3) is 5.91 Å². The number of likely N-dealkylation sites (tertiary alicyclic amines) is 1. The van der Waals surface area contributed by atoms with E-state index < -0.39 is 83.5 Å². The van der Waals surface area contributed by atoms with Gasteiger partial charge in [-0.3, -0.25) is 29.4 Å². The van der Waals surface area contributed by atoms with Gasteiger partial charge in [-0.2, -0.15) is 0 Å². The van der Waals surface area contributed by atoms with Crippen LogP contribution in [0.25, 0.3) is 0 Å². The molecule has 60 heavy (non-hydrogen) atoms. The van der Waals surface area contributed by atoms with Gasteiger partial charge in [-0.05, 0) is 75.8 Å². The van der Waals surface area contributed by atoms with E-state index in [0.717, 1.165) is 11.1 Å². The molecule has 0 aliphatic carbocycles. The second kappa shape index (κ2) is 23.8. The first-order chi connectivity index (χ1) is 28.4. The molecule has 0 aromatic heterocycles. The van der Waals surface area contributed by atoms with Crippen LogP contribution in [-0.2, 0) is 46.5 Å². The number of alkyl carbamates (subject to hydrolysis) is 2. The second-order valence-corrected chi connectivity index (χ2v) is 16.7. The number of amides is 7. The molecule has 2 aromatic carbocycles. The molecule has 1 aliphatic heterocycles. The van der Waals surface area contributed by atoms with Crippen molar-refractivity contribution in [2.24, 2.45) is 17.7 Å². The standard InChI is InChI=1S/C43H64N8O9/c1-27(2)24-32(37(53)48-33(25-29-16-10-8-11-17-29)40(56)51-23-15-21-34(51)38(54)50-44)47-36(52)31(20-14-22-45-41(57)59-26-30-18-12-9-13-19-30)46-39(55)35(28(3)4)49-42(58)60-43(5,6)7/h8-13,16-19,27-28,31-35H,14-15,20-26,44H2,1-7H3,(H,45,57)(H,46,55)(H,47,52)(H,48,53)(H,49,58)(H,50,54)/t31-,32-,33+,34-,35-/m0/s1. The van der Waals surface area contributed by atoms with Gasteiger partial charge >= 0.3 is 12.2 Å². The number of hydrogen-bond donors (Lipinski definition) is 7. The van der Waals surface area contributed by atoms with E-state index in [1.54, 1.807) is 34.6 Å². The summed E-state index contributed by atoms with van der Waals surface area (Å²) >= 11 is 0. The van der Waals surface area contributed by atoms with E-state index in [4.69, 9.17) is 15.3 Å². The highest BCUT2D eigenvalue weighted by molar-refractivity contribution is 5.96. The van der Waals surface area contributed by atoms with Crippen molar-refractivity contribution in [2.45, 2.75) is 129 Å². The van der Waals surface area contributed by atoms with Gasteiger partial charge in [0.05, 0.1) is 0 Å². The number of carbonyl (C=O) groups excluding carboxylic acids is 7. The molecule has 1 aliphatic rings. The number of rotatable bonds is 20. The van der Waals surface area contributed by atoms with Crippen molar-refractivity contribution in [3.63, 3.8) is 0 Å². The lowest BCUT2D eigenvalue weighted by molar-refractivity contribution is -0.142. The Morgan fingerprint density at radius 1 is 0.767 bits per heavy atom. The average Bonchev–Trinajstić information content (AvgIpc) is 3.69. The summed E-state index contributed by atoms with van der Waals surface area (Å²) in [5, 5.41) is 13.6. The lowest BCUT2D eigenvalue weighted by atomic mass is 9.99. The molecule has 0 bridgehead atoms. The molecule has 8 N–H and O–H groups in total. The molecule has 1 saturated heterocycles. The van der Waals surface area contributed by atoms with Crippen LogP contribution in [0.2, 0.25) is 0 Å². The summed E-state index contributed by atoms with van der Waals surface area (Å²) in [7, 11) is 0. The van der Waals surface area contributed by atoms with E-state index in [1.807, 2.05) is 74.5 Å². The first-order valence-corrected chi connectivity index (χ1v) is 20.6. The van der Waals surface area contributed by atoms with E-state index in [0.29, 0.717) is 19.4 Å². The molecule has 330 valence electrons. The summed E-state index contributed by atoms with van der Waals surface area (Å²) in [6.45, 7) is 12.7. The Morgan fingerprint density at radius 3 is 1.93 bits per heavy atom. The highest BCUT2D eigenvalue weighted by Crippen LogP contribution is 2.20. The smallest absolute Gasteiger partial charge is 0.408 e. The van der Waals surface area contributed by atoms with E-state index in [1.165, 1.54) is 4.90 Å². The van der Waals surface area contributed by atoms with Crippen LogP contribution in [0.15, 0.2) is 60.7 Å². The van der Waals surface area contributed by atoms with Gasteiger partial charge in [-0.1, -0.05) is 88.4 Å². The maximum Gasteiger partial charge on any atom is 0.408 e. The number of nitrogens with two attached hydrogens (primary N) is 1. The molecule has 1 heterocycles. The molecule has 17 heteroatoms. The third-order valence-electron chi connectivity index (χ3n) is 9.62. The van der Waals surface area contributed by atoms with Crippen molar-refractivity contribution in [2.75, 3.05) is 13.1 Å². The zero-order valence-electron chi connectivity index (χ0n) is 35.9. The first-order valence-electron chi connectivity index (χ1n) is 20.6. The molecule has 17 nitrogen and oxygen atoms in total. The number of nitrogens with one attached hydrogen (secondary N) is 6. The maximum atomic E-state index is 14.2. The van der Waals surface area contributed by atoms with Crippen LogP contribution in [0.1, 0.15) is 91.7 Å². The fraction of sp³-hybridized carbons (Fsp3) is 0.558. The molecule has 7 amide bonds. The quantitative estimate of drug-likeness (QED) is 0.0446. The largest absolute Gasteiger partial charge is 0.445 e. The fourth-order valence-corrected chi connectivity index (χ4v) is 6.67. The van der Waals surface area contributed by atoms with E-state index in [-0.39, 0.29) is 44.8 Å². The summed E-state index contributed by atoms with van der Waals surface area (Å²) in [6.07, 6.45) is 0.0400. The minimum atomic E-state index is -1.22. The second-order valence-electron chi connectivity index (χ2n) is 16.7. The maximum absolute atomic E-state index is 14.2. The first kappa shape index (κ1) is 48.7. The Balaban J connectivity index is 1.83. The SMILES string of the molecule is CC(C)C[C@H](NC(=O)[C@H](CCCNC(=O)OCc1ccccc1)NC(=O)[C@@H](NC(=O)OC(C)(C)C)C(C)C)C(=O)N[C@H](Cc1ccccc1)C(=O)N1CCC[C@H]1C(=O)NN. The van der Waals surface area contributed by atoms with E-state index >= 15 is 0 Å². The molecule has 0 saturated carbocycles. The minimum absolute atomic E-state index is 0.0263. The third-order valence-corrected chi connectivity index (χ3v) is 9.62. The summed E-state index contributed by atoms with van der Waals surface area (Å²) in [5.41, 5.74) is 2.86. The monoisotopic (exact) mass is 836 g/mol. The molecule has 0 unspecified atom stereocenters. The molecule has 2 aromatic rings. The lowest BCUT2D eigenvalue weighted by Gasteiger charge is -2.30.